The highest BCUT2D eigenvalue weighted by Crippen LogP contribution is 2.37. The predicted octanol–water partition coefficient (Wildman–Crippen LogP) is 6.79. The quantitative estimate of drug-likeness (QED) is 0.441. The summed E-state index contributed by atoms with van der Waals surface area (Å²) in [6.07, 6.45) is -0.116. The number of pyridine rings is 1. The molecular weight excluding hydrogens is 455 g/mol. The molecule has 1 aliphatic heterocycles. The van der Waals surface area contributed by atoms with Crippen LogP contribution in [0.4, 0.5) is 24.5 Å². The third kappa shape index (κ3) is 5.57. The maximum absolute atomic E-state index is 13.4. The molecule has 2 heterocycles. The molecule has 172 valence electrons. The SMILES string of the molecule is O=C(Nc1cc(C(F)(F)F)ccc1N1CCCCC1)c1cccnc1Oc1ccc(Cl)cc1. The first-order chi connectivity index (χ1) is 15.8. The fourth-order valence-corrected chi connectivity index (χ4v) is 3.80. The monoisotopic (exact) mass is 475 g/mol. The minimum absolute atomic E-state index is 0.0313. The van der Waals surface area contributed by atoms with Crippen molar-refractivity contribution in [2.75, 3.05) is 23.3 Å². The zero-order valence-electron chi connectivity index (χ0n) is 17.5. The van der Waals surface area contributed by atoms with Crippen LogP contribution in [0, 0.1) is 0 Å². The lowest BCUT2D eigenvalue weighted by Gasteiger charge is -2.31. The molecule has 1 aliphatic rings. The summed E-state index contributed by atoms with van der Waals surface area (Å²) in [5.41, 5.74) is -0.0880. The van der Waals surface area contributed by atoms with E-state index in [0.29, 0.717) is 29.5 Å². The number of carbonyl (C=O) groups is 1. The molecule has 1 saturated heterocycles. The number of alkyl halides is 3. The molecule has 9 heteroatoms. The van der Waals surface area contributed by atoms with Gasteiger partial charge in [0.1, 0.15) is 11.3 Å². The summed E-state index contributed by atoms with van der Waals surface area (Å²) in [4.78, 5) is 19.2. The number of anilines is 2. The molecule has 5 nitrogen and oxygen atoms in total. The Hall–Kier alpha value is -3.26. The van der Waals surface area contributed by atoms with E-state index in [9.17, 15) is 18.0 Å². The van der Waals surface area contributed by atoms with Crippen molar-refractivity contribution in [3.8, 4) is 11.6 Å². The minimum atomic E-state index is -4.53. The smallest absolute Gasteiger partial charge is 0.416 e. The van der Waals surface area contributed by atoms with Gasteiger partial charge in [-0.1, -0.05) is 11.6 Å². The molecule has 0 spiro atoms. The van der Waals surface area contributed by atoms with E-state index < -0.39 is 17.6 Å². The molecule has 1 fully saturated rings. The minimum Gasteiger partial charge on any atom is -0.438 e. The molecule has 0 bridgehead atoms. The molecule has 0 aliphatic carbocycles. The van der Waals surface area contributed by atoms with E-state index in [1.807, 2.05) is 4.90 Å². The lowest BCUT2D eigenvalue weighted by atomic mass is 10.1. The van der Waals surface area contributed by atoms with Crippen LogP contribution in [-0.4, -0.2) is 24.0 Å². The van der Waals surface area contributed by atoms with Gasteiger partial charge in [-0.25, -0.2) is 4.98 Å². The number of aromatic nitrogens is 1. The van der Waals surface area contributed by atoms with E-state index in [1.54, 1.807) is 30.3 Å². The van der Waals surface area contributed by atoms with Crippen LogP contribution in [0.2, 0.25) is 5.02 Å². The average molecular weight is 476 g/mol. The first-order valence-electron chi connectivity index (χ1n) is 10.5. The third-order valence-corrected chi connectivity index (χ3v) is 5.56. The van der Waals surface area contributed by atoms with Crippen LogP contribution in [0.25, 0.3) is 0 Å². The summed E-state index contributed by atoms with van der Waals surface area (Å²) in [6.45, 7) is 1.43. The molecule has 3 aromatic rings. The summed E-state index contributed by atoms with van der Waals surface area (Å²) >= 11 is 5.89. The number of hydrogen-bond acceptors (Lipinski definition) is 4. The van der Waals surface area contributed by atoms with Gasteiger partial charge < -0.3 is 15.0 Å². The van der Waals surface area contributed by atoms with Crippen LogP contribution in [0.3, 0.4) is 0 Å². The number of rotatable bonds is 5. The Bertz CT molecular complexity index is 1130. The lowest BCUT2D eigenvalue weighted by Crippen LogP contribution is -2.30. The molecule has 33 heavy (non-hydrogen) atoms. The highest BCUT2D eigenvalue weighted by molar-refractivity contribution is 6.30. The fourth-order valence-electron chi connectivity index (χ4n) is 3.67. The van der Waals surface area contributed by atoms with Crippen molar-refractivity contribution in [2.45, 2.75) is 25.4 Å². The van der Waals surface area contributed by atoms with Crippen molar-refractivity contribution in [3.63, 3.8) is 0 Å². The number of carbonyl (C=O) groups excluding carboxylic acids is 1. The second kappa shape index (κ2) is 9.70. The standard InChI is InChI=1S/C24H21ClF3N3O2/c25-17-7-9-18(10-8-17)33-23-19(5-4-12-29-23)22(32)30-20-15-16(24(26,27)28)6-11-21(20)31-13-2-1-3-14-31/h4-12,15H,1-3,13-14H2,(H,30,32). The van der Waals surface area contributed by atoms with Crippen LogP contribution in [0.1, 0.15) is 35.2 Å². The van der Waals surface area contributed by atoms with Crippen LogP contribution in [0.15, 0.2) is 60.8 Å². The second-order valence-corrected chi connectivity index (χ2v) is 8.08. The highest BCUT2D eigenvalue weighted by Gasteiger charge is 2.32. The second-order valence-electron chi connectivity index (χ2n) is 7.64. The largest absolute Gasteiger partial charge is 0.438 e. The van der Waals surface area contributed by atoms with Crippen molar-refractivity contribution in [1.82, 2.24) is 4.98 Å². The van der Waals surface area contributed by atoms with Crippen molar-refractivity contribution in [1.29, 1.82) is 0 Å². The van der Waals surface area contributed by atoms with E-state index >= 15 is 0 Å². The Balaban J connectivity index is 1.64. The molecule has 1 amide bonds. The number of nitrogens with zero attached hydrogens (tertiary/aromatic N) is 2. The molecule has 1 aromatic heterocycles. The van der Waals surface area contributed by atoms with Crippen LogP contribution >= 0.6 is 11.6 Å². The van der Waals surface area contributed by atoms with Gasteiger partial charge in [0.05, 0.1) is 16.9 Å². The molecule has 1 N–H and O–H groups in total. The molecule has 0 unspecified atom stereocenters. The number of piperidine rings is 1. The number of benzene rings is 2. The van der Waals surface area contributed by atoms with Gasteiger partial charge in [-0.2, -0.15) is 13.2 Å². The molecular formula is C24H21ClF3N3O2. The van der Waals surface area contributed by atoms with E-state index in [0.717, 1.165) is 31.4 Å². The topological polar surface area (TPSA) is 54.5 Å². The lowest BCUT2D eigenvalue weighted by molar-refractivity contribution is -0.137. The molecule has 4 rings (SSSR count). The Morgan fingerprint density at radius 3 is 2.45 bits per heavy atom. The summed E-state index contributed by atoms with van der Waals surface area (Å²) < 4.78 is 45.8. The summed E-state index contributed by atoms with van der Waals surface area (Å²) in [6, 6.07) is 13.0. The summed E-state index contributed by atoms with van der Waals surface area (Å²) in [5.74, 6) is -0.173. The number of ether oxygens (including phenoxy) is 1. The van der Waals surface area contributed by atoms with Crippen molar-refractivity contribution in [2.24, 2.45) is 0 Å². The predicted molar refractivity (Wildman–Crippen MR) is 121 cm³/mol. The van der Waals surface area contributed by atoms with Gasteiger partial charge in [-0.15, -0.1) is 0 Å². The van der Waals surface area contributed by atoms with E-state index in [1.165, 1.54) is 18.3 Å². The number of halogens is 4. The number of amides is 1. The van der Waals surface area contributed by atoms with Crippen LogP contribution in [0.5, 0.6) is 11.6 Å². The molecule has 0 saturated carbocycles. The van der Waals surface area contributed by atoms with Gasteiger partial charge in [0.2, 0.25) is 5.88 Å². The van der Waals surface area contributed by atoms with E-state index in [-0.39, 0.29) is 17.1 Å². The number of nitrogens with one attached hydrogen (secondary N) is 1. The molecule has 2 aromatic carbocycles. The Kier molecular flexibility index (Phi) is 6.74. The normalized spacial score (nSPS) is 14.1. The average Bonchev–Trinajstić information content (AvgIpc) is 2.81. The Morgan fingerprint density at radius 2 is 1.76 bits per heavy atom. The van der Waals surface area contributed by atoms with Gasteiger partial charge in [0.15, 0.2) is 0 Å². The van der Waals surface area contributed by atoms with Gasteiger partial charge >= 0.3 is 6.18 Å². The zero-order valence-corrected chi connectivity index (χ0v) is 18.3. The van der Waals surface area contributed by atoms with Gasteiger partial charge in [0, 0.05) is 24.3 Å². The summed E-state index contributed by atoms with van der Waals surface area (Å²) in [5, 5.41) is 3.17. The maximum atomic E-state index is 13.4. The zero-order chi connectivity index (χ0) is 23.4. The van der Waals surface area contributed by atoms with Crippen LogP contribution < -0.4 is 15.0 Å². The third-order valence-electron chi connectivity index (χ3n) is 5.31. The first-order valence-corrected chi connectivity index (χ1v) is 10.8. The Morgan fingerprint density at radius 1 is 1.03 bits per heavy atom. The van der Waals surface area contributed by atoms with Gasteiger partial charge in [-0.05, 0) is 73.9 Å². The van der Waals surface area contributed by atoms with E-state index in [4.69, 9.17) is 16.3 Å². The fraction of sp³-hybridized carbons (Fsp3) is 0.250. The summed E-state index contributed by atoms with van der Waals surface area (Å²) in [7, 11) is 0. The van der Waals surface area contributed by atoms with Crippen LogP contribution in [-0.2, 0) is 6.18 Å². The van der Waals surface area contributed by atoms with Crippen molar-refractivity contribution >= 4 is 28.9 Å². The van der Waals surface area contributed by atoms with Gasteiger partial charge in [0.25, 0.3) is 5.91 Å². The number of hydrogen-bond donors (Lipinski definition) is 1. The van der Waals surface area contributed by atoms with Gasteiger partial charge in [-0.3, -0.25) is 4.79 Å². The highest BCUT2D eigenvalue weighted by atomic mass is 35.5. The first kappa shape index (κ1) is 22.9. The molecule has 0 atom stereocenters. The van der Waals surface area contributed by atoms with Crippen molar-refractivity contribution < 1.29 is 22.7 Å². The Labute approximate surface area is 194 Å². The maximum Gasteiger partial charge on any atom is 0.416 e. The molecule has 0 radical (unpaired) electrons. The van der Waals surface area contributed by atoms with Crippen molar-refractivity contribution in [3.05, 3.63) is 76.9 Å². The van der Waals surface area contributed by atoms with E-state index in [2.05, 4.69) is 10.3 Å².